The van der Waals surface area contributed by atoms with Crippen molar-refractivity contribution in [2.24, 2.45) is 5.92 Å². The summed E-state index contributed by atoms with van der Waals surface area (Å²) in [5.41, 5.74) is 2.16. The third kappa shape index (κ3) is 4.84. The van der Waals surface area contributed by atoms with Crippen molar-refractivity contribution in [2.75, 3.05) is 31.2 Å². The maximum absolute atomic E-state index is 13.1. The molecule has 6 nitrogen and oxygen atoms in total. The van der Waals surface area contributed by atoms with Crippen LogP contribution in [0.1, 0.15) is 30.4 Å². The van der Waals surface area contributed by atoms with Crippen molar-refractivity contribution in [1.29, 1.82) is 0 Å². The number of amides is 1. The first-order chi connectivity index (χ1) is 16.7. The predicted octanol–water partition coefficient (Wildman–Crippen LogP) is 5.13. The standard InChI is InChI=1S/C25H26ClF3N4O2/c1-15-12-22-21(13-20(15)26)31-24(33(22)19-4-2-17(3-5-19)25(27,28)29)32-9-6-16(7-10-32)23(34)30-18-8-11-35-14-18/h2-5,12-13,16,18H,6-11,14H2,1H3,(H,30,34). The molecule has 186 valence electrons. The second-order valence-electron chi connectivity index (χ2n) is 9.21. The first-order valence-electron chi connectivity index (χ1n) is 11.7. The molecule has 2 aliphatic heterocycles. The van der Waals surface area contributed by atoms with Crippen LogP contribution in [-0.4, -0.2) is 47.8 Å². The van der Waals surface area contributed by atoms with Crippen molar-refractivity contribution in [3.05, 3.63) is 52.5 Å². The van der Waals surface area contributed by atoms with Gasteiger partial charge in [0, 0.05) is 36.3 Å². The van der Waals surface area contributed by atoms with E-state index in [4.69, 9.17) is 21.3 Å². The topological polar surface area (TPSA) is 59.4 Å². The molecule has 0 aliphatic carbocycles. The highest BCUT2D eigenvalue weighted by molar-refractivity contribution is 6.32. The molecule has 1 atom stereocenters. The molecule has 1 amide bonds. The zero-order valence-electron chi connectivity index (χ0n) is 19.2. The van der Waals surface area contributed by atoms with E-state index in [0.717, 1.165) is 29.6 Å². The van der Waals surface area contributed by atoms with E-state index in [2.05, 4.69) is 10.2 Å². The molecule has 3 heterocycles. The number of ether oxygens (including phenoxy) is 1. The number of aryl methyl sites for hydroxylation is 1. The van der Waals surface area contributed by atoms with Crippen molar-refractivity contribution >= 4 is 34.5 Å². The van der Waals surface area contributed by atoms with Gasteiger partial charge in [0.2, 0.25) is 11.9 Å². The highest BCUT2D eigenvalue weighted by Gasteiger charge is 2.32. The van der Waals surface area contributed by atoms with Gasteiger partial charge in [-0.05, 0) is 68.1 Å². The van der Waals surface area contributed by atoms with Gasteiger partial charge in [-0.25, -0.2) is 4.98 Å². The summed E-state index contributed by atoms with van der Waals surface area (Å²) >= 11 is 6.33. The number of hydrogen-bond acceptors (Lipinski definition) is 4. The van der Waals surface area contributed by atoms with Gasteiger partial charge in [-0.3, -0.25) is 9.36 Å². The lowest BCUT2D eigenvalue weighted by Crippen LogP contribution is -2.44. The number of rotatable bonds is 4. The normalized spacial score (nSPS) is 19.5. The van der Waals surface area contributed by atoms with E-state index < -0.39 is 11.7 Å². The number of fused-ring (bicyclic) bond motifs is 1. The number of nitrogens with zero attached hydrogens (tertiary/aromatic N) is 3. The molecule has 2 saturated heterocycles. The Balaban J connectivity index is 1.43. The van der Waals surface area contributed by atoms with Crippen LogP contribution in [0.5, 0.6) is 0 Å². The molecule has 35 heavy (non-hydrogen) atoms. The highest BCUT2D eigenvalue weighted by atomic mass is 35.5. The smallest absolute Gasteiger partial charge is 0.379 e. The average molecular weight is 507 g/mol. The van der Waals surface area contributed by atoms with E-state index in [0.29, 0.717) is 61.3 Å². The van der Waals surface area contributed by atoms with Gasteiger partial charge in [0.1, 0.15) is 0 Å². The lowest BCUT2D eigenvalue weighted by molar-refractivity contribution is -0.137. The van der Waals surface area contributed by atoms with Crippen LogP contribution >= 0.6 is 11.6 Å². The molecule has 5 rings (SSSR count). The van der Waals surface area contributed by atoms with Gasteiger partial charge in [0.15, 0.2) is 0 Å². The maximum atomic E-state index is 13.1. The number of anilines is 1. The Morgan fingerprint density at radius 3 is 2.49 bits per heavy atom. The molecular weight excluding hydrogens is 481 g/mol. The molecule has 10 heteroatoms. The predicted molar refractivity (Wildman–Crippen MR) is 128 cm³/mol. The van der Waals surface area contributed by atoms with E-state index in [1.165, 1.54) is 12.1 Å². The molecule has 1 unspecified atom stereocenters. The Kier molecular flexibility index (Phi) is 6.40. The van der Waals surface area contributed by atoms with Crippen molar-refractivity contribution in [3.8, 4) is 5.69 Å². The van der Waals surface area contributed by atoms with Crippen LogP contribution in [0.3, 0.4) is 0 Å². The fourth-order valence-corrected chi connectivity index (χ4v) is 4.92. The number of alkyl halides is 3. The number of hydrogen-bond donors (Lipinski definition) is 1. The van der Waals surface area contributed by atoms with Crippen molar-refractivity contribution in [3.63, 3.8) is 0 Å². The van der Waals surface area contributed by atoms with Crippen LogP contribution in [0.4, 0.5) is 19.1 Å². The van der Waals surface area contributed by atoms with Crippen molar-refractivity contribution < 1.29 is 22.7 Å². The minimum atomic E-state index is -4.41. The zero-order chi connectivity index (χ0) is 24.7. The number of imidazole rings is 1. The van der Waals surface area contributed by atoms with E-state index in [9.17, 15) is 18.0 Å². The minimum Gasteiger partial charge on any atom is -0.379 e. The summed E-state index contributed by atoms with van der Waals surface area (Å²) in [6.07, 6.45) is -2.25. The number of carbonyl (C=O) groups is 1. The van der Waals surface area contributed by atoms with E-state index in [-0.39, 0.29) is 17.9 Å². The summed E-state index contributed by atoms with van der Waals surface area (Å²) < 4.78 is 46.6. The fourth-order valence-electron chi connectivity index (χ4n) is 4.77. The number of nitrogens with one attached hydrogen (secondary N) is 1. The molecule has 0 radical (unpaired) electrons. The zero-order valence-corrected chi connectivity index (χ0v) is 20.0. The molecular formula is C25H26ClF3N4O2. The molecule has 0 bridgehead atoms. The molecule has 3 aromatic rings. The molecule has 1 N–H and O–H groups in total. The van der Waals surface area contributed by atoms with Gasteiger partial charge >= 0.3 is 6.18 Å². The van der Waals surface area contributed by atoms with Gasteiger partial charge in [-0.2, -0.15) is 13.2 Å². The number of halogens is 4. The third-order valence-electron chi connectivity index (χ3n) is 6.79. The van der Waals surface area contributed by atoms with Crippen LogP contribution in [0.2, 0.25) is 5.02 Å². The van der Waals surface area contributed by atoms with Crippen LogP contribution in [0.15, 0.2) is 36.4 Å². The van der Waals surface area contributed by atoms with Crippen molar-refractivity contribution in [2.45, 2.75) is 38.4 Å². The van der Waals surface area contributed by atoms with Crippen LogP contribution in [0, 0.1) is 12.8 Å². The van der Waals surface area contributed by atoms with Gasteiger partial charge in [-0.1, -0.05) is 11.6 Å². The molecule has 2 aliphatic rings. The second kappa shape index (κ2) is 9.35. The fraction of sp³-hybridized carbons (Fsp3) is 0.440. The Bertz CT molecular complexity index is 1230. The van der Waals surface area contributed by atoms with Gasteiger partial charge in [0.05, 0.1) is 29.2 Å². The molecule has 2 aromatic carbocycles. The van der Waals surface area contributed by atoms with E-state index >= 15 is 0 Å². The minimum absolute atomic E-state index is 0.0544. The van der Waals surface area contributed by atoms with Crippen LogP contribution in [-0.2, 0) is 15.7 Å². The van der Waals surface area contributed by atoms with E-state index in [1.807, 2.05) is 17.6 Å². The summed E-state index contributed by atoms with van der Waals surface area (Å²) in [6.45, 7) is 4.33. The van der Waals surface area contributed by atoms with Crippen LogP contribution < -0.4 is 10.2 Å². The molecule has 0 spiro atoms. The van der Waals surface area contributed by atoms with Gasteiger partial charge in [-0.15, -0.1) is 0 Å². The number of aromatic nitrogens is 2. The Morgan fingerprint density at radius 2 is 1.86 bits per heavy atom. The maximum Gasteiger partial charge on any atom is 0.416 e. The summed E-state index contributed by atoms with van der Waals surface area (Å²) in [4.78, 5) is 19.6. The summed E-state index contributed by atoms with van der Waals surface area (Å²) in [7, 11) is 0. The first kappa shape index (κ1) is 23.9. The molecule has 2 fully saturated rings. The number of piperidine rings is 1. The first-order valence-corrected chi connectivity index (χ1v) is 12.1. The Labute approximate surface area is 206 Å². The van der Waals surface area contributed by atoms with Gasteiger partial charge < -0.3 is 15.0 Å². The number of benzene rings is 2. The third-order valence-corrected chi connectivity index (χ3v) is 7.20. The average Bonchev–Trinajstić information content (AvgIpc) is 3.47. The van der Waals surface area contributed by atoms with E-state index in [1.54, 1.807) is 6.07 Å². The monoisotopic (exact) mass is 506 g/mol. The highest BCUT2D eigenvalue weighted by Crippen LogP contribution is 2.34. The van der Waals surface area contributed by atoms with Crippen LogP contribution in [0.25, 0.3) is 16.7 Å². The Morgan fingerprint density at radius 1 is 1.14 bits per heavy atom. The molecule has 1 aromatic heterocycles. The van der Waals surface area contributed by atoms with Gasteiger partial charge in [0.25, 0.3) is 0 Å². The SMILES string of the molecule is Cc1cc2c(cc1Cl)nc(N1CCC(C(=O)NC3CCOC3)CC1)n2-c1ccc(C(F)(F)F)cc1. The van der Waals surface area contributed by atoms with Crippen molar-refractivity contribution in [1.82, 2.24) is 14.9 Å². The second-order valence-corrected chi connectivity index (χ2v) is 9.62. The Hall–Kier alpha value is -2.78. The lowest BCUT2D eigenvalue weighted by Gasteiger charge is -2.32. The quantitative estimate of drug-likeness (QED) is 0.533. The summed E-state index contributed by atoms with van der Waals surface area (Å²) in [5.74, 6) is 0.593. The molecule has 0 saturated carbocycles. The lowest BCUT2D eigenvalue weighted by atomic mass is 9.95. The summed E-state index contributed by atoms with van der Waals surface area (Å²) in [5, 5.41) is 3.66. The number of carbonyl (C=O) groups excluding carboxylic acids is 1. The largest absolute Gasteiger partial charge is 0.416 e. The summed E-state index contributed by atoms with van der Waals surface area (Å²) in [6, 6.07) is 8.84.